The Morgan fingerprint density at radius 2 is 0.728 bits per heavy atom. The molecule has 0 aromatic heterocycles. The Balaban J connectivity index is 0.0000185. The van der Waals surface area contributed by atoms with Crippen molar-refractivity contribution in [2.45, 2.75) is 127 Å². The monoisotopic (exact) mass is 1130 g/mol. The molecule has 0 saturated heterocycles. The quantitative estimate of drug-likeness (QED) is 0.0287. The number of Topliss-reactive ketones (excluding diaryl/α,β-unsaturated/α-hetero) is 4. The Labute approximate surface area is 478 Å². The smallest absolute Gasteiger partial charge is 0.255 e. The van der Waals surface area contributed by atoms with Gasteiger partial charge in [-0.15, -0.1) is 0 Å². The van der Waals surface area contributed by atoms with Gasteiger partial charge in [-0.1, -0.05) is 30.7 Å². The Morgan fingerprint density at radius 3 is 1.01 bits per heavy atom. The minimum absolute atomic E-state index is 0. The Hall–Kier alpha value is -7.56. The zero-order chi connectivity index (χ0) is 61.2. The number of ketones is 4. The lowest BCUT2D eigenvalue weighted by atomic mass is 9.95. The van der Waals surface area contributed by atoms with E-state index in [0.29, 0.717) is 80.4 Å². The van der Waals surface area contributed by atoms with Crippen molar-refractivity contribution < 1.29 is 61.5 Å². The summed E-state index contributed by atoms with van der Waals surface area (Å²) in [6, 6.07) is 14.5. The van der Waals surface area contributed by atoms with Crippen molar-refractivity contribution in [1.82, 2.24) is 16.0 Å². The molecule has 4 aromatic carbocycles. The molecule has 442 valence electrons. The van der Waals surface area contributed by atoms with Crippen molar-refractivity contribution in [3.63, 3.8) is 0 Å². The van der Waals surface area contributed by atoms with E-state index in [-0.39, 0.29) is 122 Å². The molecule has 0 heterocycles. The maximum atomic E-state index is 14.3. The van der Waals surface area contributed by atoms with Crippen LogP contribution in [0.4, 0.5) is 0 Å². The van der Waals surface area contributed by atoms with Crippen molar-refractivity contribution in [2.75, 3.05) is 54.6 Å². The van der Waals surface area contributed by atoms with Crippen molar-refractivity contribution in [3.05, 3.63) is 117 Å². The number of nitrogens with one attached hydrogen (secondary N) is 3. The van der Waals surface area contributed by atoms with Crippen molar-refractivity contribution in [3.8, 4) is 23.0 Å². The normalized spacial score (nSPS) is 13.6. The fraction of sp³-hybridized carbons (Fsp3) is 0.467. The van der Waals surface area contributed by atoms with Gasteiger partial charge >= 0.3 is 0 Å². The Kier molecular flexibility index (Phi) is 26.7. The average molecular weight is 1130 g/mol. The molecule has 15 N–H and O–H groups in total. The molecule has 4 rings (SSSR count). The second-order valence-corrected chi connectivity index (χ2v) is 19.6. The first-order chi connectivity index (χ1) is 39.7. The molecule has 21 nitrogen and oxygen atoms in total. The van der Waals surface area contributed by atoms with E-state index in [1.54, 1.807) is 24.3 Å². The van der Waals surface area contributed by atoms with Gasteiger partial charge in [0.2, 0.25) is 0 Å². The minimum Gasteiger partial charge on any atom is -0.496 e. The number of benzene rings is 4. The third kappa shape index (κ3) is 20.5. The molecule has 0 bridgehead atoms. The molecular weight excluding hydrogens is 1040 g/mol. The highest BCUT2D eigenvalue weighted by atomic mass is 16.5. The Bertz CT molecular complexity index is 2880. The lowest BCUT2D eigenvalue weighted by molar-refractivity contribution is -0.121. The largest absolute Gasteiger partial charge is 0.496 e. The van der Waals surface area contributed by atoms with Gasteiger partial charge in [-0.3, -0.25) is 38.4 Å². The van der Waals surface area contributed by atoms with Crippen LogP contribution in [0.5, 0.6) is 23.0 Å². The fourth-order valence-corrected chi connectivity index (χ4v) is 9.09. The third-order valence-corrected chi connectivity index (χ3v) is 13.6. The van der Waals surface area contributed by atoms with Crippen molar-refractivity contribution in [1.29, 1.82) is 0 Å². The van der Waals surface area contributed by atoms with Gasteiger partial charge in [-0.25, -0.2) is 0 Å². The zero-order valence-corrected chi connectivity index (χ0v) is 47.0. The molecule has 2 unspecified atom stereocenters. The second-order valence-electron chi connectivity index (χ2n) is 19.6. The lowest BCUT2D eigenvalue weighted by Gasteiger charge is -2.21. The van der Waals surface area contributed by atoms with E-state index < -0.39 is 66.4 Å². The number of primary amides is 1. The summed E-state index contributed by atoms with van der Waals surface area (Å²) in [6.45, 7) is 1.01. The van der Waals surface area contributed by atoms with E-state index in [2.05, 4.69) is 16.0 Å². The number of hydrogen-bond acceptors (Lipinski definition) is 17. The fourth-order valence-electron chi connectivity index (χ4n) is 9.09. The third-order valence-electron chi connectivity index (χ3n) is 13.6. The molecule has 81 heavy (non-hydrogen) atoms. The molecule has 0 aliphatic carbocycles. The summed E-state index contributed by atoms with van der Waals surface area (Å²) in [4.78, 5) is 110. The SMILES string of the molecule is [2HH].[2H]C(CN)C([2H])C[C@H](N)C(=O)Cc1ccc(OC)c(C(=O)N[C@@H](CCCCN)C(=O)Cc2ccc(OC)c(C(=O)N[C@@H](CCCCN)C(=O)Cc3ccc(OC)c(C(=O)N[C@@H](CCCCN)C(=O)Cc4ccc(OC)c(C(N)=O)c4)c3)c2)c1. The zero-order valence-electron chi connectivity index (χ0n) is 49.0. The predicted molar refractivity (Wildman–Crippen MR) is 311 cm³/mol. The topological polar surface area (TPSA) is 366 Å². The van der Waals surface area contributed by atoms with Crippen LogP contribution in [0.2, 0.25) is 0 Å². The number of nitrogens with two attached hydrogens (primary N) is 6. The molecule has 0 spiro atoms. The van der Waals surface area contributed by atoms with E-state index in [1.807, 2.05) is 0 Å². The lowest BCUT2D eigenvalue weighted by Crippen LogP contribution is -2.42. The number of carbonyl (C=O) groups excluding carboxylic acids is 8. The summed E-state index contributed by atoms with van der Waals surface area (Å²) in [6.07, 6.45) is 1.24. The van der Waals surface area contributed by atoms with Crippen LogP contribution in [0.3, 0.4) is 0 Å². The van der Waals surface area contributed by atoms with E-state index in [0.717, 1.165) is 0 Å². The summed E-state index contributed by atoms with van der Waals surface area (Å²) in [5, 5.41) is 8.56. The molecule has 0 aliphatic heterocycles. The molecule has 4 aromatic rings. The predicted octanol–water partition coefficient (Wildman–Crippen LogP) is 3.75. The van der Waals surface area contributed by atoms with Gasteiger partial charge in [0, 0.05) is 29.9 Å². The van der Waals surface area contributed by atoms with Crippen LogP contribution in [0.25, 0.3) is 0 Å². The van der Waals surface area contributed by atoms with Gasteiger partial charge in [0.15, 0.2) is 23.1 Å². The van der Waals surface area contributed by atoms with Crippen LogP contribution in [0.15, 0.2) is 72.8 Å². The van der Waals surface area contributed by atoms with Gasteiger partial charge < -0.3 is 69.3 Å². The number of methoxy groups -OCH3 is 4. The van der Waals surface area contributed by atoms with E-state index >= 15 is 0 Å². The second kappa shape index (κ2) is 34.6. The molecule has 4 amide bonds. The molecule has 0 saturated carbocycles. The highest BCUT2D eigenvalue weighted by molar-refractivity contribution is 6.03. The van der Waals surface area contributed by atoms with Gasteiger partial charge in [0.05, 0.1) is 74.9 Å². The maximum absolute atomic E-state index is 14.3. The summed E-state index contributed by atoms with van der Waals surface area (Å²) in [5.41, 5.74) is 36.6. The molecular formula is C60H85N9O12. The summed E-state index contributed by atoms with van der Waals surface area (Å²) < 4.78 is 37.9. The molecule has 21 heteroatoms. The van der Waals surface area contributed by atoms with Crippen LogP contribution in [0, 0.1) is 0 Å². The minimum atomic E-state index is -1.04. The molecule has 0 radical (unpaired) electrons. The summed E-state index contributed by atoms with van der Waals surface area (Å²) in [7, 11) is 5.53. The Morgan fingerprint density at radius 1 is 0.432 bits per heavy atom. The van der Waals surface area contributed by atoms with Crippen LogP contribution in [0.1, 0.15) is 145 Å². The summed E-state index contributed by atoms with van der Waals surface area (Å²) in [5.74, 6) is -3.42. The van der Waals surface area contributed by atoms with E-state index in [9.17, 15) is 38.4 Å². The van der Waals surface area contributed by atoms with Gasteiger partial charge in [-0.05, 0) is 168 Å². The molecule has 0 aliphatic rings. The summed E-state index contributed by atoms with van der Waals surface area (Å²) >= 11 is 0. The van der Waals surface area contributed by atoms with Crippen LogP contribution in [-0.2, 0) is 44.9 Å². The van der Waals surface area contributed by atoms with E-state index in [1.165, 1.54) is 77.0 Å². The maximum Gasteiger partial charge on any atom is 0.255 e. The standard InChI is InChI=1S/C60H83N9O12.H2/c1-78-53-21-17-37(29-41(53)57(66)74)34-50(71)46(14-6-10-26-62)67-59(76)43-31-39(19-23-55(43)80-3)36-52(73)48(16-8-12-28-64)69-60(77)44-32-40(20-24-56(44)81-4)35-51(72)47(15-7-11-27-63)68-58(75)42-30-38(18-22-54(42)79-2)33-49(70)45(65)13-5-9-25-61;/h17-24,29-32,45-48H,5-16,25-28,33-36,61-65H2,1-4H3,(H2,66,74)(H,67,76)(H,68,75)(H,69,77);1H/t45-,46-,47-,48-;/m0./s1/i5D,9D;1+1/t5?,9?,45-,46-,47-,48-;. The number of hydrogen-bond donors (Lipinski definition) is 9. The number of amides is 4. The van der Waals surface area contributed by atoms with Gasteiger partial charge in [-0.2, -0.15) is 0 Å². The molecule has 0 fully saturated rings. The molecule has 6 atom stereocenters. The first kappa shape index (κ1) is 62.6. The van der Waals surface area contributed by atoms with Crippen LogP contribution < -0.4 is 69.3 Å². The van der Waals surface area contributed by atoms with Gasteiger partial charge in [0.25, 0.3) is 23.6 Å². The first-order valence-electron chi connectivity index (χ1n) is 28.3. The number of carbonyl (C=O) groups is 8. The average Bonchev–Trinajstić information content (AvgIpc) is 3.55. The van der Waals surface area contributed by atoms with Crippen LogP contribution >= 0.6 is 0 Å². The number of ether oxygens (including phenoxy) is 4. The first-order valence-corrected chi connectivity index (χ1v) is 27.2. The van der Waals surface area contributed by atoms with Gasteiger partial charge in [0.1, 0.15) is 23.0 Å². The van der Waals surface area contributed by atoms with E-state index in [4.69, 9.17) is 56.1 Å². The number of unbranched alkanes of at least 4 members (excludes halogenated alkanes) is 3. The highest BCUT2D eigenvalue weighted by Gasteiger charge is 2.29. The van der Waals surface area contributed by atoms with Crippen molar-refractivity contribution >= 4 is 46.8 Å². The van der Waals surface area contributed by atoms with Crippen LogP contribution in [-0.4, -0.2) is 126 Å². The number of rotatable bonds is 39. The highest BCUT2D eigenvalue weighted by Crippen LogP contribution is 2.26. The van der Waals surface area contributed by atoms with Crippen molar-refractivity contribution in [2.24, 2.45) is 34.4 Å².